The fourth-order valence-corrected chi connectivity index (χ4v) is 10.1. The number of rotatable bonds is 63. The number of ether oxygens (including phenoxy) is 3. The second kappa shape index (κ2) is 66.6. The highest BCUT2D eigenvalue weighted by molar-refractivity contribution is 5.71. The van der Waals surface area contributed by atoms with Crippen molar-refractivity contribution in [1.29, 1.82) is 0 Å². The molecule has 0 amide bonds. The van der Waals surface area contributed by atoms with Gasteiger partial charge in [0.25, 0.3) is 0 Å². The van der Waals surface area contributed by atoms with Gasteiger partial charge in [-0.1, -0.05) is 326 Å². The van der Waals surface area contributed by atoms with E-state index in [2.05, 4.69) is 81.5 Å². The maximum absolute atomic E-state index is 12.9. The number of esters is 3. The van der Waals surface area contributed by atoms with Crippen molar-refractivity contribution >= 4 is 17.9 Å². The van der Waals surface area contributed by atoms with Crippen molar-refractivity contribution in [3.05, 3.63) is 60.8 Å². The number of unbranched alkanes of at least 4 members (excludes halogenated alkanes) is 42. The Kier molecular flexibility index (Phi) is 64.2. The Bertz CT molecular complexity index is 1390. The van der Waals surface area contributed by atoms with Gasteiger partial charge in [0.05, 0.1) is 0 Å². The summed E-state index contributed by atoms with van der Waals surface area (Å²) in [6.45, 7) is 6.48. The number of hydrogen-bond acceptors (Lipinski definition) is 6. The van der Waals surface area contributed by atoms with Gasteiger partial charge in [0.2, 0.25) is 0 Å². The lowest BCUT2D eigenvalue weighted by molar-refractivity contribution is -0.167. The minimum Gasteiger partial charge on any atom is -0.462 e. The van der Waals surface area contributed by atoms with Crippen LogP contribution in [0.5, 0.6) is 0 Å². The molecular formula is C72H130O6. The van der Waals surface area contributed by atoms with E-state index >= 15 is 0 Å². The van der Waals surface area contributed by atoms with E-state index in [1.54, 1.807) is 0 Å². The van der Waals surface area contributed by atoms with Crippen LogP contribution in [0.1, 0.15) is 361 Å². The van der Waals surface area contributed by atoms with Gasteiger partial charge in [0.1, 0.15) is 13.2 Å². The maximum Gasteiger partial charge on any atom is 0.306 e. The number of hydrogen-bond donors (Lipinski definition) is 0. The third kappa shape index (κ3) is 63.9. The third-order valence-corrected chi connectivity index (χ3v) is 15.2. The molecule has 1 atom stereocenters. The topological polar surface area (TPSA) is 78.9 Å². The fraction of sp³-hybridized carbons (Fsp3) is 0.819. The van der Waals surface area contributed by atoms with Crippen LogP contribution >= 0.6 is 0 Å². The molecule has 0 aromatic carbocycles. The maximum atomic E-state index is 12.9. The molecule has 454 valence electrons. The zero-order valence-corrected chi connectivity index (χ0v) is 52.2. The van der Waals surface area contributed by atoms with E-state index in [1.165, 1.54) is 212 Å². The summed E-state index contributed by atoms with van der Waals surface area (Å²) in [6, 6.07) is 0. The van der Waals surface area contributed by atoms with E-state index in [9.17, 15) is 14.4 Å². The van der Waals surface area contributed by atoms with Crippen molar-refractivity contribution in [2.45, 2.75) is 367 Å². The molecule has 0 aliphatic carbocycles. The van der Waals surface area contributed by atoms with Crippen LogP contribution in [0.2, 0.25) is 0 Å². The second-order valence-corrected chi connectivity index (χ2v) is 23.1. The number of carbonyl (C=O) groups excluding carboxylic acids is 3. The van der Waals surface area contributed by atoms with E-state index in [4.69, 9.17) is 14.2 Å². The molecule has 0 saturated heterocycles. The molecule has 0 aromatic heterocycles. The Morgan fingerprint density at radius 3 is 0.846 bits per heavy atom. The number of allylic oxidation sites excluding steroid dienone is 10. The van der Waals surface area contributed by atoms with Gasteiger partial charge in [-0.2, -0.15) is 0 Å². The smallest absolute Gasteiger partial charge is 0.306 e. The lowest BCUT2D eigenvalue weighted by Crippen LogP contribution is -2.30. The Hall–Kier alpha value is -2.89. The molecule has 0 radical (unpaired) electrons. The van der Waals surface area contributed by atoms with E-state index in [-0.39, 0.29) is 31.1 Å². The summed E-state index contributed by atoms with van der Waals surface area (Å²) in [4.78, 5) is 38.2. The van der Waals surface area contributed by atoms with Crippen LogP contribution in [0.4, 0.5) is 0 Å². The van der Waals surface area contributed by atoms with Crippen molar-refractivity contribution in [3.63, 3.8) is 0 Å². The van der Waals surface area contributed by atoms with Crippen LogP contribution in [0.25, 0.3) is 0 Å². The van der Waals surface area contributed by atoms with Gasteiger partial charge >= 0.3 is 17.9 Å². The monoisotopic (exact) mass is 1090 g/mol. The SMILES string of the molecule is CC/C=C\C/C=C\C/C=C\C/C=C\CCCCCCC(=O)OC(COC(=O)CCCCCCC/C=C\CCC)COC(=O)CCCCCCCCCCCCCCCCCCCCCCCCCCCCCCCCCCC. The van der Waals surface area contributed by atoms with Crippen LogP contribution in [0, 0.1) is 0 Å². The molecule has 0 aliphatic rings. The van der Waals surface area contributed by atoms with Gasteiger partial charge < -0.3 is 14.2 Å². The van der Waals surface area contributed by atoms with E-state index in [0.29, 0.717) is 19.3 Å². The van der Waals surface area contributed by atoms with Gasteiger partial charge in [0.15, 0.2) is 6.10 Å². The summed E-state index contributed by atoms with van der Waals surface area (Å²) in [5.41, 5.74) is 0. The molecule has 0 aromatic rings. The zero-order valence-electron chi connectivity index (χ0n) is 52.2. The first-order valence-electron chi connectivity index (χ1n) is 34.3. The van der Waals surface area contributed by atoms with Crippen LogP contribution in [-0.4, -0.2) is 37.2 Å². The molecule has 0 saturated carbocycles. The van der Waals surface area contributed by atoms with Crippen molar-refractivity contribution in [3.8, 4) is 0 Å². The van der Waals surface area contributed by atoms with E-state index in [0.717, 1.165) is 109 Å². The summed E-state index contributed by atoms with van der Waals surface area (Å²) in [7, 11) is 0. The Morgan fingerprint density at radius 1 is 0.269 bits per heavy atom. The minimum absolute atomic E-state index is 0.0843. The van der Waals surface area contributed by atoms with E-state index in [1.807, 2.05) is 0 Å². The standard InChI is InChI=1S/C72H130O6/c1-4-7-10-13-16-19-22-24-26-28-29-30-31-32-33-34-35-36-37-38-39-40-41-42-43-45-46-48-50-53-56-59-62-65-71(74)77-68-69(67-76-70(73)64-61-58-55-52-21-18-15-12-9-6-3)78-72(75)66-63-60-57-54-51-49-47-44-27-25-23-20-17-14-11-8-5-2/h8,11-12,15,17,20,25,27,47,49,69H,4-7,9-10,13-14,16,18-19,21-24,26,28-46,48,50-68H2,1-3H3/b11-8-,15-12-,20-17-,27-25-,49-47-. The van der Waals surface area contributed by atoms with Crippen molar-refractivity contribution in [1.82, 2.24) is 0 Å². The zero-order chi connectivity index (χ0) is 56.4. The van der Waals surface area contributed by atoms with Gasteiger partial charge in [-0.15, -0.1) is 0 Å². The van der Waals surface area contributed by atoms with Crippen molar-refractivity contribution in [2.75, 3.05) is 13.2 Å². The molecule has 0 aliphatic heterocycles. The fourth-order valence-electron chi connectivity index (χ4n) is 10.1. The predicted octanol–water partition coefficient (Wildman–Crippen LogP) is 23.5. The first-order chi connectivity index (χ1) is 38.5. The lowest BCUT2D eigenvalue weighted by Gasteiger charge is -2.18. The summed E-state index contributed by atoms with van der Waals surface area (Å²) >= 11 is 0. The average Bonchev–Trinajstić information content (AvgIpc) is 3.44. The average molecular weight is 1090 g/mol. The molecule has 0 heterocycles. The predicted molar refractivity (Wildman–Crippen MR) is 339 cm³/mol. The second-order valence-electron chi connectivity index (χ2n) is 23.1. The molecular weight excluding hydrogens is 961 g/mol. The molecule has 0 rings (SSSR count). The summed E-state index contributed by atoms with van der Waals surface area (Å²) in [5, 5.41) is 0. The Balaban J connectivity index is 4.06. The highest BCUT2D eigenvalue weighted by Crippen LogP contribution is 2.18. The molecule has 0 fully saturated rings. The lowest BCUT2D eigenvalue weighted by atomic mass is 10.0. The normalized spacial score (nSPS) is 12.4. The van der Waals surface area contributed by atoms with Gasteiger partial charge in [-0.25, -0.2) is 0 Å². The molecule has 0 bridgehead atoms. The summed E-state index contributed by atoms with van der Waals surface area (Å²) in [5.74, 6) is -0.904. The van der Waals surface area contributed by atoms with Crippen LogP contribution in [0.15, 0.2) is 60.8 Å². The minimum atomic E-state index is -0.789. The van der Waals surface area contributed by atoms with Crippen LogP contribution in [-0.2, 0) is 28.6 Å². The first kappa shape index (κ1) is 75.1. The van der Waals surface area contributed by atoms with Crippen LogP contribution < -0.4 is 0 Å². The molecule has 78 heavy (non-hydrogen) atoms. The Labute approximate surface area is 485 Å². The first-order valence-corrected chi connectivity index (χ1v) is 34.3. The van der Waals surface area contributed by atoms with Crippen molar-refractivity contribution < 1.29 is 28.6 Å². The Morgan fingerprint density at radius 2 is 0.526 bits per heavy atom. The molecule has 6 nitrogen and oxygen atoms in total. The van der Waals surface area contributed by atoms with Gasteiger partial charge in [-0.3, -0.25) is 14.4 Å². The summed E-state index contributed by atoms with van der Waals surface area (Å²) in [6.07, 6.45) is 85.7. The molecule has 0 N–H and O–H groups in total. The quantitative estimate of drug-likeness (QED) is 0.0261. The number of carbonyl (C=O) groups is 3. The van der Waals surface area contributed by atoms with Gasteiger partial charge in [0, 0.05) is 19.3 Å². The molecule has 0 spiro atoms. The highest BCUT2D eigenvalue weighted by Gasteiger charge is 2.19. The largest absolute Gasteiger partial charge is 0.462 e. The van der Waals surface area contributed by atoms with Gasteiger partial charge in [-0.05, 0) is 77.0 Å². The van der Waals surface area contributed by atoms with Crippen molar-refractivity contribution in [2.24, 2.45) is 0 Å². The van der Waals surface area contributed by atoms with E-state index < -0.39 is 6.10 Å². The molecule has 6 heteroatoms. The third-order valence-electron chi connectivity index (χ3n) is 15.2. The molecule has 1 unspecified atom stereocenters. The highest BCUT2D eigenvalue weighted by atomic mass is 16.6. The van der Waals surface area contributed by atoms with Crippen LogP contribution in [0.3, 0.4) is 0 Å². The summed E-state index contributed by atoms with van der Waals surface area (Å²) < 4.78 is 16.9.